The third kappa shape index (κ3) is 2.85. The van der Waals surface area contributed by atoms with E-state index in [0.717, 1.165) is 4.31 Å². The molecule has 0 amide bonds. The van der Waals surface area contributed by atoms with Gasteiger partial charge in [-0.1, -0.05) is 0 Å². The molecule has 1 heterocycles. The van der Waals surface area contributed by atoms with Crippen molar-refractivity contribution in [2.24, 2.45) is 5.92 Å². The van der Waals surface area contributed by atoms with Crippen LogP contribution in [0.5, 0.6) is 0 Å². The molecule has 1 unspecified atom stereocenters. The molecule has 1 rings (SSSR count). The van der Waals surface area contributed by atoms with Crippen LogP contribution in [0.2, 0.25) is 0 Å². The molecule has 15 heavy (non-hydrogen) atoms. The fraction of sp³-hybridized carbons (Fsp3) is 1.00. The number of hydrogen-bond acceptors (Lipinski definition) is 3. The van der Waals surface area contributed by atoms with Crippen molar-refractivity contribution in [2.75, 3.05) is 13.1 Å². The van der Waals surface area contributed by atoms with E-state index in [1.54, 1.807) is 6.92 Å². The number of piperidine rings is 1. The minimum atomic E-state index is -4.43. The van der Waals surface area contributed by atoms with E-state index in [9.17, 15) is 22.3 Å². The summed E-state index contributed by atoms with van der Waals surface area (Å²) in [6, 6.07) is 0. The number of aliphatic hydroxyl groups excluding tert-OH is 1. The molecular formula is C8H15F2NO3S. The molecule has 1 aliphatic heterocycles. The van der Waals surface area contributed by atoms with E-state index in [-0.39, 0.29) is 19.0 Å². The van der Waals surface area contributed by atoms with Gasteiger partial charge in [0.1, 0.15) is 0 Å². The highest BCUT2D eigenvalue weighted by atomic mass is 32.2. The lowest BCUT2D eigenvalue weighted by Crippen LogP contribution is -2.42. The first-order valence-corrected chi connectivity index (χ1v) is 6.31. The summed E-state index contributed by atoms with van der Waals surface area (Å²) >= 11 is 0. The lowest BCUT2D eigenvalue weighted by Gasteiger charge is -2.32. The van der Waals surface area contributed by atoms with Gasteiger partial charge in [0.2, 0.25) is 0 Å². The van der Waals surface area contributed by atoms with E-state index in [4.69, 9.17) is 0 Å². The zero-order chi connectivity index (χ0) is 11.6. The zero-order valence-corrected chi connectivity index (χ0v) is 9.25. The average Bonchev–Trinajstić information content (AvgIpc) is 2.17. The van der Waals surface area contributed by atoms with E-state index in [1.165, 1.54) is 0 Å². The molecule has 1 N–H and O–H groups in total. The first kappa shape index (κ1) is 12.8. The molecule has 90 valence electrons. The molecule has 0 spiro atoms. The second-order valence-electron chi connectivity index (χ2n) is 3.78. The highest BCUT2D eigenvalue weighted by Crippen LogP contribution is 2.24. The number of rotatable bonds is 3. The predicted octanol–water partition coefficient (Wildman–Crippen LogP) is 0.632. The van der Waals surface area contributed by atoms with Crippen LogP contribution < -0.4 is 0 Å². The number of nitrogens with zero attached hydrogens (tertiary/aromatic N) is 1. The van der Waals surface area contributed by atoms with Crippen LogP contribution in [0.15, 0.2) is 0 Å². The Labute approximate surface area is 87.9 Å². The van der Waals surface area contributed by atoms with Crippen LogP contribution in [0.3, 0.4) is 0 Å². The average molecular weight is 243 g/mol. The maximum Gasteiger partial charge on any atom is 0.350 e. The Morgan fingerprint density at radius 3 is 2.13 bits per heavy atom. The first-order valence-electron chi connectivity index (χ1n) is 4.81. The third-order valence-corrected chi connectivity index (χ3v) is 4.30. The normalized spacial score (nSPS) is 23.3. The summed E-state index contributed by atoms with van der Waals surface area (Å²) in [6.45, 7) is 1.77. The molecule has 4 nitrogen and oxygen atoms in total. The minimum Gasteiger partial charge on any atom is -0.393 e. The van der Waals surface area contributed by atoms with Gasteiger partial charge in [-0.15, -0.1) is 0 Å². The second-order valence-corrected chi connectivity index (χ2v) is 5.69. The Bertz CT molecular complexity index is 297. The van der Waals surface area contributed by atoms with Crippen molar-refractivity contribution in [3.8, 4) is 0 Å². The summed E-state index contributed by atoms with van der Waals surface area (Å²) in [6.07, 6.45) is 0.356. The Kier molecular flexibility index (Phi) is 4.02. The molecule has 1 saturated heterocycles. The summed E-state index contributed by atoms with van der Waals surface area (Å²) < 4.78 is 47.3. The highest BCUT2D eigenvalue weighted by Gasteiger charge is 2.35. The van der Waals surface area contributed by atoms with Gasteiger partial charge in [0, 0.05) is 13.1 Å². The summed E-state index contributed by atoms with van der Waals surface area (Å²) in [7, 11) is -4.43. The Morgan fingerprint density at radius 2 is 1.80 bits per heavy atom. The van der Waals surface area contributed by atoms with Gasteiger partial charge in [-0.2, -0.15) is 13.1 Å². The van der Waals surface area contributed by atoms with Crippen LogP contribution in [-0.4, -0.2) is 42.8 Å². The van der Waals surface area contributed by atoms with Crippen molar-refractivity contribution in [3.63, 3.8) is 0 Å². The van der Waals surface area contributed by atoms with Gasteiger partial charge in [-0.3, -0.25) is 0 Å². The molecule has 0 aromatic rings. The van der Waals surface area contributed by atoms with Gasteiger partial charge in [-0.25, -0.2) is 8.42 Å². The molecule has 1 aliphatic rings. The third-order valence-electron chi connectivity index (χ3n) is 2.77. The molecule has 1 atom stereocenters. The van der Waals surface area contributed by atoms with Crippen molar-refractivity contribution in [1.82, 2.24) is 4.31 Å². The van der Waals surface area contributed by atoms with Gasteiger partial charge >= 0.3 is 5.76 Å². The van der Waals surface area contributed by atoms with Gasteiger partial charge < -0.3 is 5.11 Å². The number of sulfonamides is 1. The van der Waals surface area contributed by atoms with E-state index in [1.807, 2.05) is 0 Å². The van der Waals surface area contributed by atoms with Gasteiger partial charge in [0.25, 0.3) is 10.0 Å². The molecule has 0 radical (unpaired) electrons. The number of aliphatic hydroxyl groups is 1. The fourth-order valence-electron chi connectivity index (χ4n) is 1.73. The zero-order valence-electron chi connectivity index (χ0n) is 8.44. The van der Waals surface area contributed by atoms with E-state index in [0.29, 0.717) is 12.8 Å². The topological polar surface area (TPSA) is 57.6 Å². The summed E-state index contributed by atoms with van der Waals surface area (Å²) in [5.41, 5.74) is 0. The Morgan fingerprint density at radius 1 is 1.33 bits per heavy atom. The van der Waals surface area contributed by atoms with Gasteiger partial charge in [0.05, 0.1) is 6.10 Å². The number of alkyl halides is 2. The molecule has 0 aliphatic carbocycles. The summed E-state index contributed by atoms with van der Waals surface area (Å²) in [4.78, 5) is 0. The monoisotopic (exact) mass is 243 g/mol. The van der Waals surface area contributed by atoms with Crippen molar-refractivity contribution >= 4 is 10.0 Å². The molecule has 0 saturated carbocycles. The smallest absolute Gasteiger partial charge is 0.350 e. The molecular weight excluding hydrogens is 228 g/mol. The van der Waals surface area contributed by atoms with Crippen LogP contribution in [0.4, 0.5) is 8.78 Å². The molecule has 0 aromatic carbocycles. The van der Waals surface area contributed by atoms with Crippen LogP contribution >= 0.6 is 0 Å². The van der Waals surface area contributed by atoms with Crippen molar-refractivity contribution < 1.29 is 22.3 Å². The highest BCUT2D eigenvalue weighted by molar-refractivity contribution is 7.89. The summed E-state index contributed by atoms with van der Waals surface area (Å²) in [5.74, 6) is -3.34. The van der Waals surface area contributed by atoms with Crippen molar-refractivity contribution in [3.05, 3.63) is 0 Å². The number of hydrogen-bond donors (Lipinski definition) is 1. The maximum absolute atomic E-state index is 12.2. The van der Waals surface area contributed by atoms with Gasteiger partial charge in [0.15, 0.2) is 0 Å². The van der Waals surface area contributed by atoms with E-state index in [2.05, 4.69) is 0 Å². The van der Waals surface area contributed by atoms with E-state index < -0.39 is 21.9 Å². The maximum atomic E-state index is 12.2. The fourth-order valence-corrected chi connectivity index (χ4v) is 2.67. The van der Waals surface area contributed by atoms with Crippen molar-refractivity contribution in [1.29, 1.82) is 0 Å². The molecule has 1 fully saturated rings. The molecule has 7 heteroatoms. The Balaban J connectivity index is 2.58. The minimum absolute atomic E-state index is 0.00845. The predicted molar refractivity (Wildman–Crippen MR) is 50.9 cm³/mol. The van der Waals surface area contributed by atoms with Gasteiger partial charge in [-0.05, 0) is 25.7 Å². The second kappa shape index (κ2) is 4.71. The number of halogens is 2. The summed E-state index contributed by atoms with van der Waals surface area (Å²) in [5, 5.41) is 9.26. The SMILES string of the molecule is CC(O)C1CCN(S(=O)(=O)C(F)F)CC1. The van der Waals surface area contributed by atoms with Crippen LogP contribution in [0, 0.1) is 5.92 Å². The van der Waals surface area contributed by atoms with Crippen LogP contribution in [0.1, 0.15) is 19.8 Å². The standard InChI is InChI=1S/C8H15F2NO3S/c1-6(12)7-2-4-11(5-3-7)15(13,14)8(9)10/h6-8,12H,2-5H2,1H3. The van der Waals surface area contributed by atoms with Crippen molar-refractivity contribution in [2.45, 2.75) is 31.6 Å². The molecule has 0 aromatic heterocycles. The first-order chi connectivity index (χ1) is 6.85. The Hall–Kier alpha value is -0.270. The van der Waals surface area contributed by atoms with Crippen LogP contribution in [0.25, 0.3) is 0 Å². The lowest BCUT2D eigenvalue weighted by atomic mass is 9.93. The van der Waals surface area contributed by atoms with Crippen LogP contribution in [-0.2, 0) is 10.0 Å². The lowest BCUT2D eigenvalue weighted by molar-refractivity contribution is 0.0891. The molecule has 0 bridgehead atoms. The van der Waals surface area contributed by atoms with E-state index >= 15 is 0 Å². The largest absolute Gasteiger partial charge is 0.393 e. The quantitative estimate of drug-likeness (QED) is 0.791.